The molecule has 0 bridgehead atoms. The topological polar surface area (TPSA) is 79.2 Å². The van der Waals surface area contributed by atoms with Gasteiger partial charge in [0.15, 0.2) is 6.04 Å². The summed E-state index contributed by atoms with van der Waals surface area (Å²) in [6.07, 6.45) is 0.960. The number of nitrogens with one attached hydrogen (secondary N) is 1. The summed E-state index contributed by atoms with van der Waals surface area (Å²) in [5.74, 6) is -0.481. The SMILES string of the molecule is CC(C)CCN1C(=O)C[C@H]([NH+]2CCN(S(=O)(=O)c3cccc(F)c3)CC2)C1=O. The second-order valence-corrected chi connectivity index (χ2v) is 9.78. The lowest BCUT2D eigenvalue weighted by molar-refractivity contribution is -0.918. The zero-order valence-electron chi connectivity index (χ0n) is 16.2. The molecule has 3 rings (SSSR count). The Balaban J connectivity index is 1.62. The average molecular weight is 413 g/mol. The number of likely N-dealkylation sites (tertiary alicyclic amines) is 1. The van der Waals surface area contributed by atoms with Crippen LogP contribution in [0.3, 0.4) is 0 Å². The normalized spacial score (nSPS) is 22.4. The van der Waals surface area contributed by atoms with Crippen LogP contribution in [0.1, 0.15) is 26.7 Å². The summed E-state index contributed by atoms with van der Waals surface area (Å²) < 4.78 is 40.1. The summed E-state index contributed by atoms with van der Waals surface area (Å²) in [7, 11) is -3.77. The Morgan fingerprint density at radius 2 is 1.89 bits per heavy atom. The first-order valence-corrected chi connectivity index (χ1v) is 11.1. The molecule has 0 unspecified atom stereocenters. The van der Waals surface area contributed by atoms with Crippen LogP contribution in [-0.4, -0.2) is 68.2 Å². The Morgan fingerprint density at radius 1 is 1.21 bits per heavy atom. The van der Waals surface area contributed by atoms with Crippen molar-refractivity contribution in [3.8, 4) is 0 Å². The van der Waals surface area contributed by atoms with Crippen molar-refractivity contribution in [1.29, 1.82) is 0 Å². The fourth-order valence-electron chi connectivity index (χ4n) is 3.76. The van der Waals surface area contributed by atoms with Gasteiger partial charge in [-0.3, -0.25) is 14.5 Å². The molecule has 154 valence electrons. The Labute approximate surface area is 165 Å². The number of benzene rings is 1. The Morgan fingerprint density at radius 3 is 2.50 bits per heavy atom. The molecule has 0 aromatic heterocycles. The molecule has 1 atom stereocenters. The van der Waals surface area contributed by atoms with E-state index in [-0.39, 0.29) is 36.2 Å². The molecule has 2 aliphatic rings. The number of sulfonamides is 1. The van der Waals surface area contributed by atoms with Crippen molar-refractivity contribution >= 4 is 21.8 Å². The van der Waals surface area contributed by atoms with Gasteiger partial charge in [-0.25, -0.2) is 12.8 Å². The van der Waals surface area contributed by atoms with Crippen LogP contribution in [0.25, 0.3) is 0 Å². The van der Waals surface area contributed by atoms with Gasteiger partial charge in [-0.1, -0.05) is 19.9 Å². The molecule has 7 nitrogen and oxygen atoms in total. The summed E-state index contributed by atoms with van der Waals surface area (Å²) in [5.41, 5.74) is 0. The quantitative estimate of drug-likeness (QED) is 0.662. The zero-order valence-corrected chi connectivity index (χ0v) is 17.0. The molecule has 2 heterocycles. The first-order chi connectivity index (χ1) is 13.2. The smallest absolute Gasteiger partial charge is 0.288 e. The van der Waals surface area contributed by atoms with E-state index in [9.17, 15) is 22.4 Å². The number of rotatable bonds is 6. The van der Waals surface area contributed by atoms with E-state index in [2.05, 4.69) is 0 Å². The van der Waals surface area contributed by atoms with Crippen molar-refractivity contribution in [3.05, 3.63) is 30.1 Å². The van der Waals surface area contributed by atoms with Gasteiger partial charge in [0.1, 0.15) is 5.82 Å². The molecule has 2 amide bonds. The van der Waals surface area contributed by atoms with E-state index in [4.69, 9.17) is 0 Å². The number of hydrogen-bond acceptors (Lipinski definition) is 4. The number of carbonyl (C=O) groups excluding carboxylic acids is 2. The molecule has 1 N–H and O–H groups in total. The molecule has 0 spiro atoms. The summed E-state index contributed by atoms with van der Waals surface area (Å²) in [4.78, 5) is 27.1. The molecule has 28 heavy (non-hydrogen) atoms. The highest BCUT2D eigenvalue weighted by molar-refractivity contribution is 7.89. The second-order valence-electron chi connectivity index (χ2n) is 7.84. The lowest BCUT2D eigenvalue weighted by Gasteiger charge is -2.33. The molecule has 0 aliphatic carbocycles. The van der Waals surface area contributed by atoms with Crippen LogP contribution in [0.4, 0.5) is 4.39 Å². The number of halogens is 1. The van der Waals surface area contributed by atoms with Gasteiger partial charge in [0.2, 0.25) is 15.9 Å². The zero-order chi connectivity index (χ0) is 20.5. The Kier molecular flexibility index (Phi) is 6.16. The lowest BCUT2D eigenvalue weighted by Crippen LogP contribution is -3.19. The number of imide groups is 1. The van der Waals surface area contributed by atoms with Gasteiger partial charge in [-0.2, -0.15) is 4.31 Å². The average Bonchev–Trinajstić information content (AvgIpc) is 2.94. The summed E-state index contributed by atoms with van der Waals surface area (Å²) in [6, 6.07) is 4.54. The number of quaternary nitrogens is 1. The van der Waals surface area contributed by atoms with Gasteiger partial charge < -0.3 is 4.90 Å². The largest absolute Gasteiger partial charge is 0.322 e. The van der Waals surface area contributed by atoms with Crippen molar-refractivity contribution in [2.24, 2.45) is 5.92 Å². The van der Waals surface area contributed by atoms with Crippen molar-refractivity contribution in [2.75, 3.05) is 32.7 Å². The minimum absolute atomic E-state index is 0.0667. The fraction of sp³-hybridized carbons (Fsp3) is 0.579. The maximum Gasteiger partial charge on any atom is 0.288 e. The standard InChI is InChI=1S/C19H26FN3O4S/c1-14(2)6-7-23-18(24)13-17(19(23)25)21-8-10-22(11-9-21)28(26,27)16-5-3-4-15(20)12-16/h3-5,12,14,17H,6-11,13H2,1-2H3/p+1/t17-/m0/s1. The first-order valence-electron chi connectivity index (χ1n) is 9.64. The van der Waals surface area contributed by atoms with Gasteiger partial charge in [0.25, 0.3) is 5.91 Å². The highest BCUT2D eigenvalue weighted by atomic mass is 32.2. The highest BCUT2D eigenvalue weighted by Crippen LogP contribution is 2.18. The molecule has 1 aromatic carbocycles. The van der Waals surface area contributed by atoms with Crippen molar-refractivity contribution in [1.82, 2.24) is 9.21 Å². The van der Waals surface area contributed by atoms with E-state index in [0.717, 1.165) is 17.4 Å². The third-order valence-electron chi connectivity index (χ3n) is 5.47. The van der Waals surface area contributed by atoms with E-state index in [1.165, 1.54) is 27.4 Å². The monoisotopic (exact) mass is 412 g/mol. The maximum absolute atomic E-state index is 13.4. The summed E-state index contributed by atoms with van der Waals surface area (Å²) in [6.45, 7) is 5.89. The molecule has 2 aliphatic heterocycles. The van der Waals surface area contributed by atoms with E-state index in [1.54, 1.807) is 0 Å². The molecule has 2 saturated heterocycles. The van der Waals surface area contributed by atoms with Gasteiger partial charge in [0, 0.05) is 6.54 Å². The van der Waals surface area contributed by atoms with Gasteiger partial charge in [-0.05, 0) is 30.5 Å². The third-order valence-corrected chi connectivity index (χ3v) is 7.36. The van der Waals surface area contributed by atoms with E-state index < -0.39 is 21.9 Å². The van der Waals surface area contributed by atoms with Crippen molar-refractivity contribution in [2.45, 2.75) is 37.6 Å². The number of carbonyl (C=O) groups is 2. The number of hydrogen-bond donors (Lipinski definition) is 1. The van der Waals surface area contributed by atoms with E-state index in [0.29, 0.717) is 25.6 Å². The van der Waals surface area contributed by atoms with Crippen molar-refractivity contribution < 1.29 is 27.3 Å². The van der Waals surface area contributed by atoms with Crippen LogP contribution in [0.15, 0.2) is 29.2 Å². The molecule has 9 heteroatoms. The molecule has 0 saturated carbocycles. The van der Waals surface area contributed by atoms with Crippen LogP contribution in [0.2, 0.25) is 0 Å². The molecule has 0 radical (unpaired) electrons. The van der Waals surface area contributed by atoms with Gasteiger partial charge >= 0.3 is 0 Å². The molecule has 1 aromatic rings. The van der Waals surface area contributed by atoms with Crippen LogP contribution >= 0.6 is 0 Å². The summed E-state index contributed by atoms with van der Waals surface area (Å²) in [5, 5.41) is 0. The molecular formula is C19H27FN3O4S+. The first kappa shape index (κ1) is 20.9. The van der Waals surface area contributed by atoms with Crippen LogP contribution in [-0.2, 0) is 19.6 Å². The third kappa shape index (κ3) is 4.26. The number of nitrogens with zero attached hydrogens (tertiary/aromatic N) is 2. The Bertz CT molecular complexity index is 850. The maximum atomic E-state index is 13.4. The van der Waals surface area contributed by atoms with Crippen molar-refractivity contribution in [3.63, 3.8) is 0 Å². The minimum Gasteiger partial charge on any atom is -0.322 e. The number of amides is 2. The lowest BCUT2D eigenvalue weighted by atomic mass is 10.1. The van der Waals surface area contributed by atoms with E-state index >= 15 is 0 Å². The van der Waals surface area contributed by atoms with Gasteiger partial charge in [-0.15, -0.1) is 0 Å². The minimum atomic E-state index is -3.77. The molecular weight excluding hydrogens is 385 g/mol. The second kappa shape index (κ2) is 8.26. The molecule has 2 fully saturated rings. The van der Waals surface area contributed by atoms with Crippen LogP contribution in [0.5, 0.6) is 0 Å². The van der Waals surface area contributed by atoms with Crippen LogP contribution in [0, 0.1) is 11.7 Å². The Hall–Kier alpha value is -1.84. The highest BCUT2D eigenvalue weighted by Gasteiger charge is 2.46. The van der Waals surface area contributed by atoms with Gasteiger partial charge in [0.05, 0.1) is 37.5 Å². The number of piperazine rings is 1. The fourth-order valence-corrected chi connectivity index (χ4v) is 5.24. The van der Waals surface area contributed by atoms with Crippen LogP contribution < -0.4 is 4.90 Å². The summed E-state index contributed by atoms with van der Waals surface area (Å²) >= 11 is 0. The predicted octanol–water partition coefficient (Wildman–Crippen LogP) is -0.111. The van der Waals surface area contributed by atoms with E-state index in [1.807, 2.05) is 13.8 Å². The predicted molar refractivity (Wildman–Crippen MR) is 100 cm³/mol.